The van der Waals surface area contributed by atoms with Crippen LogP contribution < -0.4 is 5.32 Å². The van der Waals surface area contributed by atoms with E-state index in [0.717, 1.165) is 29.8 Å². The van der Waals surface area contributed by atoms with Crippen LogP contribution in [-0.4, -0.2) is 11.9 Å². The highest BCUT2D eigenvalue weighted by molar-refractivity contribution is 6.30. The van der Waals surface area contributed by atoms with Gasteiger partial charge in [-0.2, -0.15) is 0 Å². The molecule has 4 heteroatoms. The molecule has 3 aromatic rings. The number of carbonyl (C=O) groups excluding carboxylic acids is 1. The average Bonchev–Trinajstić information content (AvgIpc) is 2.85. The highest BCUT2D eigenvalue weighted by Gasteiger charge is 2.42. The fourth-order valence-corrected chi connectivity index (χ4v) is 6.07. The molecule has 2 fully saturated rings. The van der Waals surface area contributed by atoms with Crippen LogP contribution in [0.15, 0.2) is 84.9 Å². The number of allylic oxidation sites excluding steroid dienone is 1. The maximum absolute atomic E-state index is 13.6. The van der Waals surface area contributed by atoms with Gasteiger partial charge in [-0.05, 0) is 78.0 Å². The Labute approximate surface area is 205 Å². The summed E-state index contributed by atoms with van der Waals surface area (Å²) in [5.74, 6) is 1.12. The van der Waals surface area contributed by atoms with E-state index in [1.54, 1.807) is 6.07 Å². The summed E-state index contributed by atoms with van der Waals surface area (Å²) < 4.78 is 13.6. The molecule has 174 valence electrons. The average molecular weight is 474 g/mol. The van der Waals surface area contributed by atoms with Gasteiger partial charge in [0.1, 0.15) is 5.82 Å². The fourth-order valence-electron chi connectivity index (χ4n) is 5.95. The molecule has 2 aliphatic rings. The predicted octanol–water partition coefficient (Wildman–Crippen LogP) is 7.25. The van der Waals surface area contributed by atoms with Crippen LogP contribution in [0.3, 0.4) is 0 Å². The van der Waals surface area contributed by atoms with Crippen LogP contribution in [0.25, 0.3) is 6.08 Å². The van der Waals surface area contributed by atoms with E-state index in [4.69, 9.17) is 11.6 Å². The quantitative estimate of drug-likeness (QED) is 0.415. The van der Waals surface area contributed by atoms with Crippen LogP contribution in [0.2, 0.25) is 5.02 Å². The summed E-state index contributed by atoms with van der Waals surface area (Å²) in [6.45, 7) is 0. The van der Waals surface area contributed by atoms with E-state index in [9.17, 15) is 9.18 Å². The Hall–Kier alpha value is -2.91. The SMILES string of the molecule is O=C1CC(/C=C/c2cccc(F)c2)C2CC(C(c3ccccc3)c3ccc(Cl)cc3)CCC2N1. The van der Waals surface area contributed by atoms with Gasteiger partial charge >= 0.3 is 0 Å². The summed E-state index contributed by atoms with van der Waals surface area (Å²) in [6.07, 6.45) is 7.66. The first kappa shape index (κ1) is 22.9. The first-order valence-corrected chi connectivity index (χ1v) is 12.5. The molecule has 0 radical (unpaired) electrons. The van der Waals surface area contributed by atoms with Crippen molar-refractivity contribution in [3.63, 3.8) is 0 Å². The lowest BCUT2D eigenvalue weighted by Gasteiger charge is -2.45. The second-order valence-electron chi connectivity index (χ2n) is 9.63. The van der Waals surface area contributed by atoms with Gasteiger partial charge in [0.2, 0.25) is 5.91 Å². The second-order valence-corrected chi connectivity index (χ2v) is 10.1. The Morgan fingerprint density at radius 1 is 0.941 bits per heavy atom. The number of hydrogen-bond donors (Lipinski definition) is 1. The zero-order valence-electron chi connectivity index (χ0n) is 19.0. The lowest BCUT2D eigenvalue weighted by molar-refractivity contribution is -0.126. The molecular formula is C30H29ClFNO. The van der Waals surface area contributed by atoms with Gasteiger partial charge in [0.25, 0.3) is 0 Å². The maximum Gasteiger partial charge on any atom is 0.220 e. The van der Waals surface area contributed by atoms with Crippen molar-refractivity contribution in [1.29, 1.82) is 0 Å². The third-order valence-corrected chi connectivity index (χ3v) is 7.75. The second kappa shape index (κ2) is 10.1. The predicted molar refractivity (Wildman–Crippen MR) is 136 cm³/mol. The fraction of sp³-hybridized carbons (Fsp3) is 0.300. The van der Waals surface area contributed by atoms with Crippen LogP contribution in [0.5, 0.6) is 0 Å². The number of rotatable bonds is 5. The van der Waals surface area contributed by atoms with Crippen molar-refractivity contribution in [2.24, 2.45) is 17.8 Å². The molecule has 3 aromatic carbocycles. The van der Waals surface area contributed by atoms with Crippen LogP contribution in [0.4, 0.5) is 4.39 Å². The number of piperidine rings is 1. The van der Waals surface area contributed by atoms with E-state index < -0.39 is 0 Å². The first-order valence-electron chi connectivity index (χ1n) is 12.1. The van der Waals surface area contributed by atoms with E-state index in [1.165, 1.54) is 23.3 Å². The van der Waals surface area contributed by atoms with Crippen molar-refractivity contribution in [3.8, 4) is 0 Å². The summed E-state index contributed by atoms with van der Waals surface area (Å²) >= 11 is 6.20. The van der Waals surface area contributed by atoms with Gasteiger partial charge in [-0.15, -0.1) is 0 Å². The number of benzene rings is 3. The van der Waals surface area contributed by atoms with Crippen molar-refractivity contribution in [2.45, 2.75) is 37.6 Å². The number of amides is 1. The van der Waals surface area contributed by atoms with Crippen molar-refractivity contribution in [3.05, 3.63) is 112 Å². The number of hydrogen-bond acceptors (Lipinski definition) is 1. The first-order chi connectivity index (χ1) is 16.6. The van der Waals surface area contributed by atoms with Crippen molar-refractivity contribution in [1.82, 2.24) is 5.32 Å². The lowest BCUT2D eigenvalue weighted by Crippen LogP contribution is -2.51. The van der Waals surface area contributed by atoms with Gasteiger partial charge in [0.15, 0.2) is 0 Å². The lowest BCUT2D eigenvalue weighted by atomic mass is 9.64. The highest BCUT2D eigenvalue weighted by atomic mass is 35.5. The molecule has 1 aliphatic heterocycles. The molecular weight excluding hydrogens is 445 g/mol. The van der Waals surface area contributed by atoms with E-state index in [0.29, 0.717) is 18.3 Å². The molecule has 1 saturated heterocycles. The van der Waals surface area contributed by atoms with E-state index in [2.05, 4.69) is 53.9 Å². The van der Waals surface area contributed by atoms with E-state index >= 15 is 0 Å². The van der Waals surface area contributed by atoms with Crippen molar-refractivity contribution >= 4 is 23.6 Å². The van der Waals surface area contributed by atoms with Crippen LogP contribution >= 0.6 is 11.6 Å². The summed E-state index contributed by atoms with van der Waals surface area (Å²) in [6, 6.07) is 25.8. The molecule has 1 aliphatic carbocycles. The molecule has 1 amide bonds. The molecule has 1 heterocycles. The molecule has 5 rings (SSSR count). The zero-order valence-corrected chi connectivity index (χ0v) is 19.8. The molecule has 0 spiro atoms. The number of carbonyl (C=O) groups is 1. The minimum absolute atomic E-state index is 0.117. The largest absolute Gasteiger partial charge is 0.353 e. The number of fused-ring (bicyclic) bond motifs is 1. The third kappa shape index (κ3) is 5.10. The minimum Gasteiger partial charge on any atom is -0.353 e. The van der Waals surface area contributed by atoms with Crippen LogP contribution in [-0.2, 0) is 4.79 Å². The smallest absolute Gasteiger partial charge is 0.220 e. The summed E-state index contributed by atoms with van der Waals surface area (Å²) in [5, 5.41) is 4.00. The number of nitrogens with one attached hydrogen (secondary N) is 1. The van der Waals surface area contributed by atoms with Gasteiger partial charge in [-0.25, -0.2) is 4.39 Å². The summed E-state index contributed by atoms with van der Waals surface area (Å²) in [4.78, 5) is 12.5. The van der Waals surface area contributed by atoms with Gasteiger partial charge in [-0.3, -0.25) is 4.79 Å². The normalized spacial score (nSPS) is 25.5. The molecule has 0 aromatic heterocycles. The summed E-state index contributed by atoms with van der Waals surface area (Å²) in [5.41, 5.74) is 3.43. The zero-order chi connectivity index (χ0) is 23.5. The Morgan fingerprint density at radius 3 is 2.47 bits per heavy atom. The topological polar surface area (TPSA) is 29.1 Å². The highest BCUT2D eigenvalue weighted by Crippen LogP contribution is 2.46. The van der Waals surface area contributed by atoms with Crippen LogP contribution in [0, 0.1) is 23.6 Å². The van der Waals surface area contributed by atoms with Gasteiger partial charge in [-0.1, -0.05) is 78.4 Å². The van der Waals surface area contributed by atoms with E-state index in [1.807, 2.05) is 24.3 Å². The Morgan fingerprint density at radius 2 is 1.71 bits per heavy atom. The molecule has 0 bridgehead atoms. The van der Waals surface area contributed by atoms with Gasteiger partial charge in [0, 0.05) is 23.4 Å². The van der Waals surface area contributed by atoms with Crippen LogP contribution in [0.1, 0.15) is 48.3 Å². The Balaban J connectivity index is 1.43. The maximum atomic E-state index is 13.6. The minimum atomic E-state index is -0.243. The molecule has 1 N–H and O–H groups in total. The molecule has 34 heavy (non-hydrogen) atoms. The standard InChI is InChI=1S/C30H29ClFNO/c31-25-14-11-22(12-15-25)30(21-6-2-1-3-7-21)24-13-16-28-27(18-24)23(19-29(34)33-28)10-9-20-5-4-8-26(32)17-20/h1-12,14-15,17,23-24,27-28,30H,13,16,18-19H2,(H,33,34)/b10-9+. The van der Waals surface area contributed by atoms with Crippen molar-refractivity contribution in [2.75, 3.05) is 0 Å². The molecule has 5 unspecified atom stereocenters. The van der Waals surface area contributed by atoms with E-state index in [-0.39, 0.29) is 29.6 Å². The molecule has 5 atom stereocenters. The van der Waals surface area contributed by atoms with Crippen molar-refractivity contribution < 1.29 is 9.18 Å². The molecule has 1 saturated carbocycles. The molecule has 2 nitrogen and oxygen atoms in total. The Kier molecular flexibility index (Phi) is 6.82. The van der Waals surface area contributed by atoms with Gasteiger partial charge in [0.05, 0.1) is 0 Å². The monoisotopic (exact) mass is 473 g/mol. The van der Waals surface area contributed by atoms with Gasteiger partial charge < -0.3 is 5.32 Å². The Bertz CT molecular complexity index is 1160. The third-order valence-electron chi connectivity index (χ3n) is 7.50. The summed E-state index contributed by atoms with van der Waals surface area (Å²) in [7, 11) is 0. The number of halogens is 2.